The lowest BCUT2D eigenvalue weighted by Gasteiger charge is -2.29. The Bertz CT molecular complexity index is 954. The van der Waals surface area contributed by atoms with Crippen molar-refractivity contribution in [1.82, 2.24) is 4.90 Å². The van der Waals surface area contributed by atoms with Crippen LogP contribution in [-0.2, 0) is 19.1 Å². The molecule has 1 saturated heterocycles. The van der Waals surface area contributed by atoms with E-state index in [-0.39, 0.29) is 5.91 Å². The summed E-state index contributed by atoms with van der Waals surface area (Å²) in [7, 11) is 1.36. The summed E-state index contributed by atoms with van der Waals surface area (Å²) in [6.45, 7) is 5.14. The van der Waals surface area contributed by atoms with Gasteiger partial charge in [0.25, 0.3) is 0 Å². The lowest BCUT2D eigenvalue weighted by atomic mass is 9.99. The summed E-state index contributed by atoms with van der Waals surface area (Å²) in [6.07, 6.45) is 2.81. The molecule has 0 spiro atoms. The molecule has 0 aliphatic carbocycles. The number of carboxylic acid groups (broad SMARTS) is 2. The predicted molar refractivity (Wildman–Crippen MR) is 124 cm³/mol. The molecule has 33 heavy (non-hydrogen) atoms. The summed E-state index contributed by atoms with van der Waals surface area (Å²) < 4.78 is 4.95. The monoisotopic (exact) mass is 476 g/mol. The van der Waals surface area contributed by atoms with E-state index < -0.39 is 17.9 Å². The molecule has 0 radical (unpaired) electrons. The number of amides is 1. The molecule has 0 atom stereocenters. The number of methoxy groups -OCH3 is 1. The van der Waals surface area contributed by atoms with E-state index in [2.05, 4.69) is 17.1 Å². The minimum atomic E-state index is -1.82. The molecule has 1 aromatic heterocycles. The smallest absolute Gasteiger partial charge is 0.414 e. The van der Waals surface area contributed by atoms with Gasteiger partial charge in [0.2, 0.25) is 5.91 Å². The molecule has 0 saturated carbocycles. The first kappa shape index (κ1) is 26.0. The molecular formula is C23H28N2O7S. The van der Waals surface area contributed by atoms with E-state index >= 15 is 0 Å². The van der Waals surface area contributed by atoms with E-state index in [1.54, 1.807) is 0 Å². The number of hydrogen-bond donors (Lipinski definition) is 3. The first-order valence-electron chi connectivity index (χ1n) is 10.5. The van der Waals surface area contributed by atoms with Crippen LogP contribution in [0, 0.1) is 5.92 Å². The van der Waals surface area contributed by atoms with Gasteiger partial charge in [-0.1, -0.05) is 37.3 Å². The van der Waals surface area contributed by atoms with E-state index in [9.17, 15) is 9.59 Å². The van der Waals surface area contributed by atoms with E-state index in [1.807, 2.05) is 35.7 Å². The summed E-state index contributed by atoms with van der Waals surface area (Å²) in [6, 6.07) is 9.66. The van der Waals surface area contributed by atoms with Crippen LogP contribution in [0.2, 0.25) is 0 Å². The molecule has 178 valence electrons. The summed E-state index contributed by atoms with van der Waals surface area (Å²) >= 11 is 1.36. The molecule has 2 aromatic rings. The van der Waals surface area contributed by atoms with Gasteiger partial charge in [-0.2, -0.15) is 0 Å². The highest BCUT2D eigenvalue weighted by atomic mass is 32.1. The van der Waals surface area contributed by atoms with E-state index in [0.717, 1.165) is 36.7 Å². The molecule has 0 bridgehead atoms. The van der Waals surface area contributed by atoms with Gasteiger partial charge < -0.3 is 25.2 Å². The van der Waals surface area contributed by atoms with E-state index in [1.165, 1.54) is 31.3 Å². The Balaban J connectivity index is 0.000000569. The number of esters is 1. The minimum Gasteiger partial charge on any atom is -0.473 e. The van der Waals surface area contributed by atoms with Crippen LogP contribution in [0.5, 0.6) is 0 Å². The second-order valence-electron chi connectivity index (χ2n) is 7.64. The molecule has 0 unspecified atom stereocenters. The Labute approximate surface area is 196 Å². The van der Waals surface area contributed by atoms with Crippen molar-refractivity contribution in [2.45, 2.75) is 26.2 Å². The Morgan fingerprint density at radius 3 is 2.24 bits per heavy atom. The number of ether oxygens (including phenoxy) is 1. The van der Waals surface area contributed by atoms with Crippen LogP contribution >= 0.6 is 11.3 Å². The van der Waals surface area contributed by atoms with Gasteiger partial charge in [-0.05, 0) is 37.4 Å². The fourth-order valence-corrected chi connectivity index (χ4v) is 4.29. The number of aliphatic carboxylic acids is 2. The highest BCUT2D eigenvalue weighted by molar-refractivity contribution is 7.15. The molecule has 9 nitrogen and oxygen atoms in total. The normalized spacial score (nSPS) is 14.0. The van der Waals surface area contributed by atoms with Crippen molar-refractivity contribution in [2.24, 2.45) is 5.92 Å². The van der Waals surface area contributed by atoms with Crippen LogP contribution in [0.15, 0.2) is 35.7 Å². The number of piperidine rings is 1. The maximum Gasteiger partial charge on any atom is 0.414 e. The third-order valence-electron chi connectivity index (χ3n) is 5.23. The summed E-state index contributed by atoms with van der Waals surface area (Å²) in [5, 5.41) is 20.1. The minimum absolute atomic E-state index is 0.0692. The molecule has 1 amide bonds. The third kappa shape index (κ3) is 7.99. The topological polar surface area (TPSA) is 133 Å². The molecule has 1 aliphatic heterocycles. The summed E-state index contributed by atoms with van der Waals surface area (Å²) in [5.74, 6) is -3.37. The van der Waals surface area contributed by atoms with Crippen LogP contribution in [0.25, 0.3) is 11.1 Å². The number of carbonyl (C=O) groups is 4. The fourth-order valence-electron chi connectivity index (χ4n) is 3.32. The second-order valence-corrected chi connectivity index (χ2v) is 8.52. The van der Waals surface area contributed by atoms with Gasteiger partial charge in [-0.15, -0.1) is 11.3 Å². The number of benzene rings is 1. The largest absolute Gasteiger partial charge is 0.473 e. The van der Waals surface area contributed by atoms with Crippen LogP contribution in [-0.4, -0.2) is 65.7 Å². The van der Waals surface area contributed by atoms with Crippen molar-refractivity contribution < 1.29 is 34.1 Å². The first-order chi connectivity index (χ1) is 15.7. The quantitative estimate of drug-likeness (QED) is 0.427. The number of hydrogen-bond acceptors (Lipinski definition) is 7. The zero-order chi connectivity index (χ0) is 24.4. The number of carboxylic acids is 2. The number of anilines is 1. The average molecular weight is 477 g/mol. The second kappa shape index (κ2) is 12.7. The van der Waals surface area contributed by atoms with Crippen molar-refractivity contribution in [3.8, 4) is 11.1 Å². The van der Waals surface area contributed by atoms with Gasteiger partial charge in [0.05, 0.1) is 7.11 Å². The van der Waals surface area contributed by atoms with Crippen molar-refractivity contribution in [2.75, 3.05) is 32.1 Å². The number of nitrogens with one attached hydrogen (secondary N) is 1. The lowest BCUT2D eigenvalue weighted by molar-refractivity contribution is -0.159. The van der Waals surface area contributed by atoms with Gasteiger partial charge in [-0.25, -0.2) is 14.4 Å². The number of likely N-dealkylation sites (tertiary alicyclic amines) is 1. The zero-order valence-electron chi connectivity index (χ0n) is 18.6. The number of thiophene rings is 1. The molecule has 3 rings (SSSR count). The van der Waals surface area contributed by atoms with Gasteiger partial charge in [0.1, 0.15) is 10.6 Å². The standard InChI is InChI=1S/C21H26N2O3S.C2H2O4/c1-15-8-11-23(12-9-15)13-10-18(24)22-20-19(21(25)26-2)17(14-27-20)16-6-4-3-5-7-16;3-1(4)2(5)6/h3-7,14-15H,8-13H2,1-2H3,(H,22,24);(H,3,4)(H,5,6). The molecule has 2 heterocycles. The Kier molecular flexibility index (Phi) is 10.0. The van der Waals surface area contributed by atoms with Crippen molar-refractivity contribution in [3.05, 3.63) is 41.3 Å². The zero-order valence-corrected chi connectivity index (χ0v) is 19.4. The maximum atomic E-state index is 12.4. The van der Waals surface area contributed by atoms with Gasteiger partial charge in [-0.3, -0.25) is 4.79 Å². The van der Waals surface area contributed by atoms with Crippen molar-refractivity contribution >= 4 is 40.2 Å². The van der Waals surface area contributed by atoms with Gasteiger partial charge in [0.15, 0.2) is 0 Å². The fraction of sp³-hybridized carbons (Fsp3) is 0.391. The number of nitrogens with zero attached hydrogens (tertiary/aromatic N) is 1. The third-order valence-corrected chi connectivity index (χ3v) is 6.13. The average Bonchev–Trinajstić information content (AvgIpc) is 3.22. The highest BCUT2D eigenvalue weighted by Crippen LogP contribution is 2.36. The van der Waals surface area contributed by atoms with Crippen molar-refractivity contribution in [1.29, 1.82) is 0 Å². The van der Waals surface area contributed by atoms with Crippen LogP contribution in [0.3, 0.4) is 0 Å². The molecular weight excluding hydrogens is 448 g/mol. The molecule has 3 N–H and O–H groups in total. The Hall–Kier alpha value is -3.24. The molecule has 10 heteroatoms. The van der Waals surface area contributed by atoms with Crippen LogP contribution < -0.4 is 5.32 Å². The molecule has 1 fully saturated rings. The Morgan fingerprint density at radius 2 is 1.70 bits per heavy atom. The molecule has 1 aromatic carbocycles. The summed E-state index contributed by atoms with van der Waals surface area (Å²) in [5.41, 5.74) is 2.14. The summed E-state index contributed by atoms with van der Waals surface area (Å²) in [4.78, 5) is 45.3. The van der Waals surface area contributed by atoms with Gasteiger partial charge >= 0.3 is 17.9 Å². The van der Waals surface area contributed by atoms with Crippen molar-refractivity contribution in [3.63, 3.8) is 0 Å². The lowest BCUT2D eigenvalue weighted by Crippen LogP contribution is -2.35. The maximum absolute atomic E-state index is 12.4. The number of carbonyl (C=O) groups excluding carboxylic acids is 2. The molecule has 1 aliphatic rings. The van der Waals surface area contributed by atoms with Crippen LogP contribution in [0.1, 0.15) is 36.5 Å². The predicted octanol–water partition coefficient (Wildman–Crippen LogP) is 3.42. The van der Waals surface area contributed by atoms with E-state index in [0.29, 0.717) is 17.0 Å². The highest BCUT2D eigenvalue weighted by Gasteiger charge is 2.23. The Morgan fingerprint density at radius 1 is 1.09 bits per heavy atom. The van der Waals surface area contributed by atoms with Crippen LogP contribution in [0.4, 0.5) is 5.00 Å². The first-order valence-corrected chi connectivity index (χ1v) is 11.3. The SMILES string of the molecule is COC(=O)c1c(-c2ccccc2)csc1NC(=O)CCN1CCC(C)CC1.O=C(O)C(=O)O. The van der Waals surface area contributed by atoms with E-state index in [4.69, 9.17) is 24.5 Å². The van der Waals surface area contributed by atoms with Gasteiger partial charge in [0, 0.05) is 23.9 Å². The number of rotatable bonds is 6.